The highest BCUT2D eigenvalue weighted by Crippen LogP contribution is 2.21. The van der Waals surface area contributed by atoms with E-state index in [-0.39, 0.29) is 5.69 Å². The second kappa shape index (κ2) is 5.52. The summed E-state index contributed by atoms with van der Waals surface area (Å²) in [5.41, 5.74) is 1.18. The Labute approximate surface area is 107 Å². The molecule has 1 fully saturated rings. The van der Waals surface area contributed by atoms with Gasteiger partial charge in [-0.25, -0.2) is 4.79 Å². The van der Waals surface area contributed by atoms with Gasteiger partial charge in [-0.3, -0.25) is 4.68 Å². The standard InChI is InChI=1S/C13H21N3O2/c1-3-16-6-4-10(5-7-16)8-11-9-12(13(17)18)15(2)14-11/h9-10H,3-8H2,1-2H3,(H,17,18). The van der Waals surface area contributed by atoms with Gasteiger partial charge in [0.1, 0.15) is 5.69 Å². The van der Waals surface area contributed by atoms with Crippen LogP contribution in [0.3, 0.4) is 0 Å². The first kappa shape index (κ1) is 13.1. The number of nitrogens with zero attached hydrogens (tertiary/aromatic N) is 3. The zero-order valence-electron chi connectivity index (χ0n) is 11.1. The molecule has 1 aliphatic heterocycles. The van der Waals surface area contributed by atoms with Gasteiger partial charge in [-0.15, -0.1) is 0 Å². The van der Waals surface area contributed by atoms with Gasteiger partial charge in [0, 0.05) is 7.05 Å². The molecule has 0 bridgehead atoms. The first-order valence-corrected chi connectivity index (χ1v) is 6.58. The number of piperidine rings is 1. The summed E-state index contributed by atoms with van der Waals surface area (Å²) in [4.78, 5) is 13.4. The molecule has 0 spiro atoms. The minimum Gasteiger partial charge on any atom is -0.477 e. The van der Waals surface area contributed by atoms with Gasteiger partial charge in [0.15, 0.2) is 0 Å². The molecular formula is C13H21N3O2. The minimum absolute atomic E-state index is 0.274. The van der Waals surface area contributed by atoms with Gasteiger partial charge >= 0.3 is 5.97 Å². The molecule has 5 heteroatoms. The van der Waals surface area contributed by atoms with Crippen molar-refractivity contribution in [2.24, 2.45) is 13.0 Å². The van der Waals surface area contributed by atoms with Gasteiger partial charge in [0.2, 0.25) is 0 Å². The van der Waals surface area contributed by atoms with Gasteiger partial charge < -0.3 is 10.0 Å². The summed E-state index contributed by atoms with van der Waals surface area (Å²) in [5, 5.41) is 13.3. The molecular weight excluding hydrogens is 230 g/mol. The average Bonchev–Trinajstić information content (AvgIpc) is 2.71. The van der Waals surface area contributed by atoms with Crippen molar-refractivity contribution in [2.45, 2.75) is 26.2 Å². The molecule has 0 aliphatic carbocycles. The summed E-state index contributed by atoms with van der Waals surface area (Å²) in [6, 6.07) is 1.70. The highest BCUT2D eigenvalue weighted by molar-refractivity contribution is 5.85. The van der Waals surface area contributed by atoms with Crippen LogP contribution in [0.5, 0.6) is 0 Å². The minimum atomic E-state index is -0.906. The molecule has 1 N–H and O–H groups in total. The molecule has 0 saturated carbocycles. The van der Waals surface area contributed by atoms with Gasteiger partial charge in [-0.1, -0.05) is 6.92 Å². The molecule has 2 heterocycles. The number of aromatic nitrogens is 2. The van der Waals surface area contributed by atoms with Crippen LogP contribution in [-0.4, -0.2) is 45.4 Å². The smallest absolute Gasteiger partial charge is 0.354 e. The van der Waals surface area contributed by atoms with Crippen LogP contribution in [0.4, 0.5) is 0 Å². The molecule has 1 aliphatic rings. The van der Waals surface area contributed by atoms with Crippen LogP contribution in [0.15, 0.2) is 6.07 Å². The number of carbonyl (C=O) groups is 1. The maximum atomic E-state index is 10.9. The van der Waals surface area contributed by atoms with Crippen LogP contribution in [0.2, 0.25) is 0 Å². The van der Waals surface area contributed by atoms with Crippen LogP contribution in [0.25, 0.3) is 0 Å². The number of rotatable bonds is 4. The van der Waals surface area contributed by atoms with Crippen molar-refractivity contribution in [3.63, 3.8) is 0 Å². The summed E-state index contributed by atoms with van der Waals surface area (Å²) < 4.78 is 1.46. The van der Waals surface area contributed by atoms with E-state index >= 15 is 0 Å². The zero-order valence-corrected chi connectivity index (χ0v) is 11.1. The van der Waals surface area contributed by atoms with E-state index in [0.29, 0.717) is 5.92 Å². The summed E-state index contributed by atoms with van der Waals surface area (Å²) in [6.07, 6.45) is 3.28. The van der Waals surface area contributed by atoms with E-state index in [1.807, 2.05) is 0 Å². The Kier molecular flexibility index (Phi) is 4.01. The van der Waals surface area contributed by atoms with E-state index in [1.165, 1.54) is 17.5 Å². The number of likely N-dealkylation sites (tertiary alicyclic amines) is 1. The van der Waals surface area contributed by atoms with E-state index in [2.05, 4.69) is 16.9 Å². The van der Waals surface area contributed by atoms with E-state index in [1.54, 1.807) is 13.1 Å². The lowest BCUT2D eigenvalue weighted by Crippen LogP contribution is -2.34. The van der Waals surface area contributed by atoms with Crippen LogP contribution in [0, 0.1) is 5.92 Å². The Bertz CT molecular complexity index is 420. The highest BCUT2D eigenvalue weighted by Gasteiger charge is 2.20. The molecule has 1 aromatic heterocycles. The number of carboxylic acids is 1. The fraction of sp³-hybridized carbons (Fsp3) is 0.692. The molecule has 2 rings (SSSR count). The molecule has 1 saturated heterocycles. The van der Waals surface area contributed by atoms with Crippen molar-refractivity contribution in [3.05, 3.63) is 17.5 Å². The molecule has 0 aromatic carbocycles. The van der Waals surface area contributed by atoms with Crippen molar-refractivity contribution < 1.29 is 9.90 Å². The summed E-state index contributed by atoms with van der Waals surface area (Å²) in [6.45, 7) is 5.62. The van der Waals surface area contributed by atoms with Crippen LogP contribution in [0.1, 0.15) is 35.9 Å². The van der Waals surface area contributed by atoms with Crippen molar-refractivity contribution >= 4 is 5.97 Å². The third-order valence-corrected chi connectivity index (χ3v) is 3.80. The molecule has 0 radical (unpaired) electrons. The summed E-state index contributed by atoms with van der Waals surface area (Å²) >= 11 is 0. The van der Waals surface area contributed by atoms with Crippen molar-refractivity contribution in [2.75, 3.05) is 19.6 Å². The zero-order chi connectivity index (χ0) is 13.1. The summed E-state index contributed by atoms with van der Waals surface area (Å²) in [7, 11) is 1.69. The molecule has 0 atom stereocenters. The molecule has 0 amide bonds. The lowest BCUT2D eigenvalue weighted by atomic mass is 9.92. The second-order valence-corrected chi connectivity index (χ2v) is 5.03. The van der Waals surface area contributed by atoms with Crippen molar-refractivity contribution in [1.82, 2.24) is 14.7 Å². The van der Waals surface area contributed by atoms with E-state index < -0.39 is 5.97 Å². The first-order chi connectivity index (χ1) is 8.60. The molecule has 5 nitrogen and oxygen atoms in total. The lowest BCUT2D eigenvalue weighted by Gasteiger charge is -2.30. The molecule has 0 unspecified atom stereocenters. The SMILES string of the molecule is CCN1CCC(Cc2cc(C(=O)O)n(C)n2)CC1. The van der Waals surface area contributed by atoms with Crippen molar-refractivity contribution in [3.8, 4) is 0 Å². The van der Waals surface area contributed by atoms with Crippen molar-refractivity contribution in [1.29, 1.82) is 0 Å². The Morgan fingerprint density at radius 2 is 2.17 bits per heavy atom. The topological polar surface area (TPSA) is 58.4 Å². The van der Waals surface area contributed by atoms with Crippen LogP contribution < -0.4 is 0 Å². The maximum Gasteiger partial charge on any atom is 0.354 e. The van der Waals surface area contributed by atoms with Gasteiger partial charge in [-0.05, 0) is 50.9 Å². The molecule has 18 heavy (non-hydrogen) atoms. The predicted octanol–water partition coefficient (Wildman–Crippen LogP) is 1.39. The number of hydrogen-bond donors (Lipinski definition) is 1. The highest BCUT2D eigenvalue weighted by atomic mass is 16.4. The van der Waals surface area contributed by atoms with E-state index in [9.17, 15) is 4.79 Å². The Balaban J connectivity index is 1.94. The predicted molar refractivity (Wildman–Crippen MR) is 68.7 cm³/mol. The van der Waals surface area contributed by atoms with Gasteiger partial charge in [0.05, 0.1) is 5.69 Å². The van der Waals surface area contributed by atoms with Gasteiger partial charge in [-0.2, -0.15) is 5.10 Å². The first-order valence-electron chi connectivity index (χ1n) is 6.58. The third-order valence-electron chi connectivity index (χ3n) is 3.80. The fourth-order valence-corrected chi connectivity index (χ4v) is 2.63. The second-order valence-electron chi connectivity index (χ2n) is 5.03. The fourth-order valence-electron chi connectivity index (χ4n) is 2.63. The normalized spacial score (nSPS) is 18.1. The van der Waals surface area contributed by atoms with Crippen LogP contribution >= 0.6 is 0 Å². The number of carboxylic acid groups (broad SMARTS) is 1. The molecule has 1 aromatic rings. The number of aryl methyl sites for hydroxylation is 1. The largest absolute Gasteiger partial charge is 0.477 e. The monoisotopic (exact) mass is 251 g/mol. The lowest BCUT2D eigenvalue weighted by molar-refractivity contribution is 0.0685. The van der Waals surface area contributed by atoms with E-state index in [0.717, 1.165) is 31.7 Å². The number of aromatic carboxylic acids is 1. The summed E-state index contributed by atoms with van der Waals surface area (Å²) in [5.74, 6) is -0.263. The molecule has 100 valence electrons. The van der Waals surface area contributed by atoms with Gasteiger partial charge in [0.25, 0.3) is 0 Å². The Morgan fingerprint density at radius 1 is 1.50 bits per heavy atom. The Morgan fingerprint density at radius 3 is 2.67 bits per heavy atom. The van der Waals surface area contributed by atoms with E-state index in [4.69, 9.17) is 5.11 Å². The third kappa shape index (κ3) is 2.90. The average molecular weight is 251 g/mol. The number of hydrogen-bond acceptors (Lipinski definition) is 3. The Hall–Kier alpha value is -1.36. The van der Waals surface area contributed by atoms with Crippen LogP contribution in [-0.2, 0) is 13.5 Å². The maximum absolute atomic E-state index is 10.9. The quantitative estimate of drug-likeness (QED) is 0.878.